The van der Waals surface area contributed by atoms with E-state index in [0.717, 1.165) is 11.3 Å². The normalized spacial score (nSPS) is 15.1. The van der Waals surface area contributed by atoms with Crippen molar-refractivity contribution in [2.75, 3.05) is 12.0 Å². The summed E-state index contributed by atoms with van der Waals surface area (Å²) in [6, 6.07) is 7.20. The fourth-order valence-corrected chi connectivity index (χ4v) is 5.99. The van der Waals surface area contributed by atoms with E-state index in [2.05, 4.69) is 36.8 Å². The third-order valence-corrected chi connectivity index (χ3v) is 8.09. The zero-order valence-electron chi connectivity index (χ0n) is 18.5. The van der Waals surface area contributed by atoms with Crippen LogP contribution in [-0.2, 0) is 0 Å². The molecule has 1 N–H and O–H groups in total. The number of methoxy groups -OCH3 is 1. The number of ketones is 1. The lowest BCUT2D eigenvalue weighted by Gasteiger charge is -2.23. The first kappa shape index (κ1) is 23.7. The Bertz CT molecular complexity index is 1630. The van der Waals surface area contributed by atoms with Gasteiger partial charge in [0.15, 0.2) is 27.8 Å². The summed E-state index contributed by atoms with van der Waals surface area (Å²) in [5, 5.41) is 10.9. The Hall–Kier alpha value is -3.02. The number of phenols is 1. The van der Waals surface area contributed by atoms with Crippen LogP contribution in [0.25, 0.3) is 11.0 Å². The molecule has 1 aliphatic rings. The van der Waals surface area contributed by atoms with Crippen molar-refractivity contribution < 1.29 is 23.8 Å². The molecule has 3 heterocycles. The van der Waals surface area contributed by atoms with Gasteiger partial charge >= 0.3 is 0 Å². The van der Waals surface area contributed by atoms with E-state index in [1.807, 2.05) is 0 Å². The fourth-order valence-electron chi connectivity index (χ4n) is 4.18. The Morgan fingerprint density at radius 1 is 1.23 bits per heavy atom. The first-order valence-electron chi connectivity index (χ1n) is 10.3. The molecule has 0 bridgehead atoms. The number of aromatic hydroxyl groups is 1. The summed E-state index contributed by atoms with van der Waals surface area (Å²) in [5.41, 5.74) is 1.01. The average molecular weight is 620 g/mol. The van der Waals surface area contributed by atoms with Crippen LogP contribution < -0.4 is 15.1 Å². The van der Waals surface area contributed by atoms with Crippen molar-refractivity contribution in [2.24, 2.45) is 0 Å². The Kier molecular flexibility index (Phi) is 5.81. The number of ether oxygens (including phenoxy) is 1. The number of nitrogens with zero attached hydrogens (tertiary/aromatic N) is 2. The minimum absolute atomic E-state index is 0.102. The minimum atomic E-state index is -0.937. The number of benzene rings is 2. The van der Waals surface area contributed by atoms with Crippen LogP contribution in [0.15, 0.2) is 48.5 Å². The number of Topliss-reactive ketones (excluding diaryl/α,β-unsaturated/α-hetero) is 1. The molecule has 2 aromatic carbocycles. The van der Waals surface area contributed by atoms with Crippen LogP contribution in [0.1, 0.15) is 50.0 Å². The smallest absolute Gasteiger partial charge is 0.297 e. The average Bonchev–Trinajstić information content (AvgIpc) is 3.34. The van der Waals surface area contributed by atoms with Gasteiger partial charge in [-0.2, -0.15) is 0 Å². The lowest BCUT2D eigenvalue weighted by atomic mass is 9.98. The Morgan fingerprint density at radius 3 is 2.63 bits per heavy atom. The molecule has 8 nitrogen and oxygen atoms in total. The number of aryl methyl sites for hydroxylation is 1. The molecule has 0 radical (unpaired) electrons. The third-order valence-electron chi connectivity index (χ3n) is 5.73. The maximum absolute atomic E-state index is 13.7. The number of carbonyl (C=O) groups excluding carboxylic acids is 2. The molecule has 178 valence electrons. The Labute approximate surface area is 219 Å². The number of aromatic nitrogens is 1. The van der Waals surface area contributed by atoms with E-state index < -0.39 is 11.9 Å². The van der Waals surface area contributed by atoms with Crippen molar-refractivity contribution in [2.45, 2.75) is 19.9 Å². The molecule has 0 spiro atoms. The van der Waals surface area contributed by atoms with Gasteiger partial charge in [-0.05, 0) is 58.7 Å². The lowest BCUT2D eigenvalue weighted by Crippen LogP contribution is -2.29. The number of amides is 1. The predicted octanol–water partition coefficient (Wildman–Crippen LogP) is 5.75. The van der Waals surface area contributed by atoms with Gasteiger partial charge in [0, 0.05) is 11.4 Å². The molecule has 1 amide bonds. The van der Waals surface area contributed by atoms with Crippen LogP contribution in [0.4, 0.5) is 5.13 Å². The highest BCUT2D eigenvalue weighted by molar-refractivity contribution is 9.10. The van der Waals surface area contributed by atoms with Gasteiger partial charge in [0.05, 0.1) is 39.1 Å². The van der Waals surface area contributed by atoms with Crippen LogP contribution in [-0.4, -0.2) is 28.9 Å². The van der Waals surface area contributed by atoms with Gasteiger partial charge in [-0.3, -0.25) is 19.3 Å². The number of thiazole rings is 1. The van der Waals surface area contributed by atoms with E-state index in [-0.39, 0.29) is 44.7 Å². The van der Waals surface area contributed by atoms with Crippen molar-refractivity contribution in [1.82, 2.24) is 4.98 Å². The number of hydrogen-bond acceptors (Lipinski definition) is 8. The van der Waals surface area contributed by atoms with E-state index in [1.54, 1.807) is 37.3 Å². The number of halogens is 2. The summed E-state index contributed by atoms with van der Waals surface area (Å²) >= 11 is 7.77. The predicted molar refractivity (Wildman–Crippen MR) is 138 cm³/mol. The van der Waals surface area contributed by atoms with Gasteiger partial charge in [0.2, 0.25) is 5.76 Å². The number of phenolic OH excluding ortho intramolecular Hbond substituents is 1. The summed E-state index contributed by atoms with van der Waals surface area (Å²) in [6.45, 7) is 3.12. The number of fused-ring (bicyclic) bond motifs is 2. The van der Waals surface area contributed by atoms with Crippen LogP contribution in [0.5, 0.6) is 11.5 Å². The number of anilines is 1. The minimum Gasteiger partial charge on any atom is -0.503 e. The zero-order valence-corrected chi connectivity index (χ0v) is 22.5. The largest absolute Gasteiger partial charge is 0.503 e. The van der Waals surface area contributed by atoms with Crippen molar-refractivity contribution in [3.63, 3.8) is 0 Å². The maximum atomic E-state index is 13.7. The number of hydrogen-bond donors (Lipinski definition) is 1. The summed E-state index contributed by atoms with van der Waals surface area (Å²) < 4.78 is 12.3. The van der Waals surface area contributed by atoms with Gasteiger partial charge < -0.3 is 14.3 Å². The Morgan fingerprint density at radius 2 is 1.97 bits per heavy atom. The van der Waals surface area contributed by atoms with Crippen molar-refractivity contribution in [3.05, 3.63) is 77.0 Å². The molecule has 5 rings (SSSR count). The van der Waals surface area contributed by atoms with Gasteiger partial charge in [0.1, 0.15) is 5.58 Å². The van der Waals surface area contributed by atoms with E-state index in [0.29, 0.717) is 30.5 Å². The molecule has 0 saturated heterocycles. The molecule has 1 unspecified atom stereocenters. The summed E-state index contributed by atoms with van der Waals surface area (Å²) in [6.07, 6.45) is 0. The maximum Gasteiger partial charge on any atom is 0.297 e. The van der Waals surface area contributed by atoms with Gasteiger partial charge in [-0.25, -0.2) is 4.98 Å². The zero-order chi connectivity index (χ0) is 25.2. The second kappa shape index (κ2) is 8.58. The van der Waals surface area contributed by atoms with E-state index in [9.17, 15) is 19.5 Å². The molecule has 0 saturated carbocycles. The molecule has 4 aromatic rings. The molecule has 35 heavy (non-hydrogen) atoms. The number of rotatable bonds is 4. The van der Waals surface area contributed by atoms with Crippen LogP contribution in [0.3, 0.4) is 0 Å². The topological polar surface area (TPSA) is 110 Å². The second-order valence-electron chi connectivity index (χ2n) is 7.91. The van der Waals surface area contributed by atoms with Crippen molar-refractivity contribution in [1.29, 1.82) is 0 Å². The molecular formula is C24H16Br2N2O6S. The number of carbonyl (C=O) groups is 2. The Balaban J connectivity index is 1.84. The fraction of sp³-hybridized carbons (Fsp3) is 0.167. The highest BCUT2D eigenvalue weighted by Gasteiger charge is 2.45. The molecule has 0 aliphatic carbocycles. The summed E-state index contributed by atoms with van der Waals surface area (Å²) in [5.74, 6) is -0.798. The first-order valence-corrected chi connectivity index (χ1v) is 12.7. The van der Waals surface area contributed by atoms with E-state index in [1.165, 1.54) is 18.9 Å². The molecule has 1 aliphatic heterocycles. The van der Waals surface area contributed by atoms with E-state index >= 15 is 0 Å². The van der Waals surface area contributed by atoms with Crippen molar-refractivity contribution >= 4 is 71.0 Å². The molecule has 1 atom stereocenters. The third kappa shape index (κ3) is 3.69. The monoisotopic (exact) mass is 618 g/mol. The molecule has 11 heteroatoms. The van der Waals surface area contributed by atoms with Crippen molar-refractivity contribution in [3.8, 4) is 11.5 Å². The van der Waals surface area contributed by atoms with Gasteiger partial charge in [0.25, 0.3) is 5.91 Å². The first-order chi connectivity index (χ1) is 16.6. The van der Waals surface area contributed by atoms with Gasteiger partial charge in [-0.1, -0.05) is 27.3 Å². The molecule has 2 aromatic heterocycles. The van der Waals surface area contributed by atoms with Gasteiger partial charge in [-0.15, -0.1) is 0 Å². The highest BCUT2D eigenvalue weighted by atomic mass is 79.9. The van der Waals surface area contributed by atoms with Crippen LogP contribution in [0.2, 0.25) is 0 Å². The second-order valence-corrected chi connectivity index (χ2v) is 10.7. The summed E-state index contributed by atoms with van der Waals surface area (Å²) in [4.78, 5) is 45.8. The quantitative estimate of drug-likeness (QED) is 0.290. The van der Waals surface area contributed by atoms with Crippen LogP contribution >= 0.6 is 43.2 Å². The molecule has 0 fully saturated rings. The SMILES string of the molecule is COc1cc(C2c3c(oc4ccc(Br)cc4c3=O)C(=O)N2c2nc(C)c(C(C)=O)s2)cc(Br)c1O. The highest BCUT2D eigenvalue weighted by Crippen LogP contribution is 2.46. The van der Waals surface area contributed by atoms with Crippen LogP contribution in [0, 0.1) is 6.92 Å². The standard InChI is InChI=1S/C24H16Br2N2O6S/c1-9-22(10(2)29)35-24(27-9)28-18(11-6-14(26)20(31)16(7-11)33-3)17-19(30)13-8-12(25)4-5-15(13)34-21(17)23(28)32/h4-8,18,31H,1-3H3. The van der Waals surface area contributed by atoms with E-state index in [4.69, 9.17) is 9.15 Å². The molecular weight excluding hydrogens is 604 g/mol. The summed E-state index contributed by atoms with van der Waals surface area (Å²) in [7, 11) is 1.40. The lowest BCUT2D eigenvalue weighted by molar-refractivity contribution is 0.0969.